The van der Waals surface area contributed by atoms with Crippen LogP contribution in [0.5, 0.6) is 0 Å². The highest BCUT2D eigenvalue weighted by Gasteiger charge is 2.32. The zero-order valence-corrected chi connectivity index (χ0v) is 16.4. The van der Waals surface area contributed by atoms with E-state index in [9.17, 15) is 14.7 Å². The number of rotatable bonds is 3. The lowest BCUT2D eigenvalue weighted by Gasteiger charge is -2.33. The molecule has 0 fully saturated rings. The average molecular weight is 362 g/mol. The second kappa shape index (κ2) is 6.24. The molecule has 0 saturated carbocycles. The third kappa shape index (κ3) is 3.01. The fourth-order valence-corrected chi connectivity index (χ4v) is 5.25. The van der Waals surface area contributed by atoms with Gasteiger partial charge in [0.15, 0.2) is 0 Å². The van der Waals surface area contributed by atoms with Crippen LogP contribution in [0.4, 0.5) is 0 Å². The van der Waals surface area contributed by atoms with Gasteiger partial charge in [-0.15, -0.1) is 11.3 Å². The Morgan fingerprint density at radius 3 is 2.68 bits per heavy atom. The minimum Gasteiger partial charge on any atom is -0.480 e. The zero-order chi connectivity index (χ0) is 18.5. The van der Waals surface area contributed by atoms with Crippen molar-refractivity contribution in [2.75, 3.05) is 0 Å². The summed E-state index contributed by atoms with van der Waals surface area (Å²) in [6, 6.07) is -0.856. The molecule has 1 aliphatic rings. The predicted octanol–water partition coefficient (Wildman–Crippen LogP) is 3.95. The molecule has 3 rings (SSSR count). The monoisotopic (exact) mass is 362 g/mol. The molecule has 2 aromatic rings. The molecule has 2 heterocycles. The minimum absolute atomic E-state index is 0.191. The molecule has 2 aromatic heterocycles. The van der Waals surface area contributed by atoms with Gasteiger partial charge >= 0.3 is 5.97 Å². The molecule has 1 N–H and O–H groups in total. The van der Waals surface area contributed by atoms with E-state index in [-0.39, 0.29) is 11.0 Å². The van der Waals surface area contributed by atoms with Crippen molar-refractivity contribution < 1.29 is 9.90 Å². The Labute approximate surface area is 151 Å². The van der Waals surface area contributed by atoms with Crippen molar-refractivity contribution in [2.24, 2.45) is 11.3 Å². The molecule has 2 atom stereocenters. The molecular weight excluding hydrogens is 336 g/mol. The highest BCUT2D eigenvalue weighted by molar-refractivity contribution is 7.18. The van der Waals surface area contributed by atoms with Gasteiger partial charge in [0, 0.05) is 4.88 Å². The van der Waals surface area contributed by atoms with E-state index in [0.717, 1.165) is 29.7 Å². The van der Waals surface area contributed by atoms with Gasteiger partial charge in [-0.1, -0.05) is 27.7 Å². The smallest absolute Gasteiger partial charge is 0.326 e. The van der Waals surface area contributed by atoms with Crippen LogP contribution in [0.1, 0.15) is 62.8 Å². The summed E-state index contributed by atoms with van der Waals surface area (Å²) in [4.78, 5) is 31.3. The summed E-state index contributed by atoms with van der Waals surface area (Å²) in [6.07, 6.45) is 3.28. The number of carbonyl (C=O) groups is 1. The topological polar surface area (TPSA) is 72.2 Å². The molecule has 0 amide bonds. The number of aromatic nitrogens is 2. The third-order valence-corrected chi connectivity index (χ3v) is 6.65. The summed E-state index contributed by atoms with van der Waals surface area (Å²) in [5, 5.41) is 10.1. The van der Waals surface area contributed by atoms with Gasteiger partial charge < -0.3 is 5.11 Å². The van der Waals surface area contributed by atoms with Gasteiger partial charge in [0.1, 0.15) is 16.7 Å². The van der Waals surface area contributed by atoms with Gasteiger partial charge in [0.25, 0.3) is 5.56 Å². The fourth-order valence-electron chi connectivity index (χ4n) is 3.91. The van der Waals surface area contributed by atoms with Gasteiger partial charge in [0.05, 0.1) is 5.39 Å². The average Bonchev–Trinajstić information content (AvgIpc) is 2.87. The number of aryl methyl sites for hydroxylation is 2. The molecule has 1 aliphatic carbocycles. The van der Waals surface area contributed by atoms with Crippen LogP contribution in [0.25, 0.3) is 10.2 Å². The molecule has 0 aliphatic heterocycles. The first-order chi connectivity index (χ1) is 11.6. The Hall–Kier alpha value is -1.69. The molecule has 2 unspecified atom stereocenters. The highest BCUT2D eigenvalue weighted by Crippen LogP contribution is 2.42. The van der Waals surface area contributed by atoms with Gasteiger partial charge in [-0.25, -0.2) is 9.78 Å². The Morgan fingerprint density at radius 2 is 2.12 bits per heavy atom. The van der Waals surface area contributed by atoms with E-state index in [1.165, 1.54) is 9.44 Å². The summed E-state index contributed by atoms with van der Waals surface area (Å²) < 4.78 is 1.37. The van der Waals surface area contributed by atoms with E-state index in [1.807, 2.05) is 0 Å². The van der Waals surface area contributed by atoms with Crippen LogP contribution in [-0.2, 0) is 17.6 Å². The number of thiophene rings is 1. The number of nitrogens with zero attached hydrogens (tertiary/aromatic N) is 2. The molecule has 6 heteroatoms. The first-order valence-corrected chi connectivity index (χ1v) is 9.73. The van der Waals surface area contributed by atoms with Gasteiger partial charge in [-0.3, -0.25) is 9.36 Å². The van der Waals surface area contributed by atoms with Crippen LogP contribution in [0, 0.1) is 18.3 Å². The van der Waals surface area contributed by atoms with Crippen molar-refractivity contribution in [3.8, 4) is 0 Å². The van der Waals surface area contributed by atoms with E-state index in [4.69, 9.17) is 0 Å². The molecule has 5 nitrogen and oxygen atoms in total. The second-order valence-electron chi connectivity index (χ2n) is 8.09. The van der Waals surface area contributed by atoms with Crippen molar-refractivity contribution in [1.29, 1.82) is 0 Å². The maximum atomic E-state index is 13.1. The molecule has 0 bridgehead atoms. The lowest BCUT2D eigenvalue weighted by molar-refractivity contribution is -0.141. The van der Waals surface area contributed by atoms with E-state index in [0.29, 0.717) is 23.5 Å². The van der Waals surface area contributed by atoms with E-state index < -0.39 is 12.0 Å². The number of hydrogen-bond donors (Lipinski definition) is 1. The molecule has 25 heavy (non-hydrogen) atoms. The standard InChI is InChI=1S/C19H26N2O3S/c1-6-13(18(23)24)21-10(2)20-16-15(17(21)22)12-8-7-11(19(3,4)5)9-14(12)25-16/h11,13H,6-9H2,1-5H3,(H,23,24). The molecule has 0 spiro atoms. The van der Waals surface area contributed by atoms with Gasteiger partial charge in [0.2, 0.25) is 0 Å². The van der Waals surface area contributed by atoms with Crippen LogP contribution in [0.2, 0.25) is 0 Å². The third-order valence-electron chi connectivity index (χ3n) is 5.50. The van der Waals surface area contributed by atoms with Crippen molar-refractivity contribution in [3.63, 3.8) is 0 Å². The lowest BCUT2D eigenvalue weighted by Crippen LogP contribution is -2.32. The van der Waals surface area contributed by atoms with Crippen LogP contribution in [-0.4, -0.2) is 20.6 Å². The van der Waals surface area contributed by atoms with Crippen molar-refractivity contribution in [1.82, 2.24) is 9.55 Å². The molecule has 0 saturated heterocycles. The Balaban J connectivity index is 2.18. The summed E-state index contributed by atoms with van der Waals surface area (Å²) in [5.41, 5.74) is 1.16. The fraction of sp³-hybridized carbons (Fsp3) is 0.632. The van der Waals surface area contributed by atoms with Crippen LogP contribution < -0.4 is 5.56 Å². The molecule has 0 aromatic carbocycles. The van der Waals surface area contributed by atoms with Crippen LogP contribution >= 0.6 is 11.3 Å². The number of carboxylic acids is 1. The number of aliphatic carboxylic acids is 1. The van der Waals surface area contributed by atoms with E-state index in [1.54, 1.807) is 25.2 Å². The number of carboxylic acid groups (broad SMARTS) is 1. The van der Waals surface area contributed by atoms with Gasteiger partial charge in [-0.2, -0.15) is 0 Å². The predicted molar refractivity (Wildman–Crippen MR) is 101 cm³/mol. The summed E-state index contributed by atoms with van der Waals surface area (Å²) in [5.74, 6) is 0.0993. The molecular formula is C19H26N2O3S. The van der Waals surface area contributed by atoms with Crippen molar-refractivity contribution in [3.05, 3.63) is 26.6 Å². The molecule has 136 valence electrons. The van der Waals surface area contributed by atoms with Gasteiger partial charge in [-0.05, 0) is 49.5 Å². The van der Waals surface area contributed by atoms with Crippen molar-refractivity contribution in [2.45, 2.75) is 66.3 Å². The van der Waals surface area contributed by atoms with Crippen molar-refractivity contribution >= 4 is 27.5 Å². The highest BCUT2D eigenvalue weighted by atomic mass is 32.1. The quantitative estimate of drug-likeness (QED) is 0.897. The summed E-state index contributed by atoms with van der Waals surface area (Å²) in [7, 11) is 0. The summed E-state index contributed by atoms with van der Waals surface area (Å²) in [6.45, 7) is 10.3. The number of hydrogen-bond acceptors (Lipinski definition) is 4. The van der Waals surface area contributed by atoms with E-state index >= 15 is 0 Å². The van der Waals surface area contributed by atoms with Crippen LogP contribution in [0.3, 0.4) is 0 Å². The maximum Gasteiger partial charge on any atom is 0.326 e. The second-order valence-corrected chi connectivity index (χ2v) is 9.17. The largest absolute Gasteiger partial charge is 0.480 e. The first-order valence-electron chi connectivity index (χ1n) is 8.91. The minimum atomic E-state index is -0.981. The normalized spacial score (nSPS) is 19.0. The maximum absolute atomic E-state index is 13.1. The Kier molecular flexibility index (Phi) is 4.52. The SMILES string of the molecule is CCC(C(=O)O)n1c(C)nc2sc3c(c2c1=O)CCC(C(C)(C)C)C3. The Morgan fingerprint density at radius 1 is 1.44 bits per heavy atom. The lowest BCUT2D eigenvalue weighted by atomic mass is 9.72. The zero-order valence-electron chi connectivity index (χ0n) is 15.5. The van der Waals surface area contributed by atoms with E-state index in [2.05, 4.69) is 25.8 Å². The molecule has 0 radical (unpaired) electrons. The first kappa shape index (κ1) is 18.1. The number of fused-ring (bicyclic) bond motifs is 3. The Bertz CT molecular complexity index is 889. The van der Waals surface area contributed by atoms with Crippen LogP contribution in [0.15, 0.2) is 4.79 Å². The summed E-state index contributed by atoms with van der Waals surface area (Å²) >= 11 is 1.61.